The normalized spacial score (nSPS) is 31.4. The molecule has 46 heavy (non-hydrogen) atoms. The number of nitrogens with one attached hydrogen (secondary N) is 1. The quantitative estimate of drug-likeness (QED) is 0.0928. The average Bonchev–Trinajstić information content (AvgIpc) is 3.66. The van der Waals surface area contributed by atoms with Crippen molar-refractivity contribution in [3.05, 3.63) is 64.7 Å². The molecule has 250 valence electrons. The van der Waals surface area contributed by atoms with Gasteiger partial charge in [0.1, 0.15) is 50.0 Å². The Balaban J connectivity index is 1.13. The summed E-state index contributed by atoms with van der Waals surface area (Å²) in [6.45, 7) is 3.02. The maximum absolute atomic E-state index is 13.4. The fraction of sp³-hybridized carbons (Fsp3) is 0.484. The number of oxime groups is 1. The molecule has 0 unspecified atom stereocenters. The molecule has 1 amide bonds. The molecule has 2 saturated heterocycles. The Hall–Kier alpha value is -3.70. The molecule has 0 radical (unpaired) electrons. The molecule has 2 aromatic carbocycles. The van der Waals surface area contributed by atoms with Gasteiger partial charge in [0.2, 0.25) is 12.2 Å². The zero-order valence-electron chi connectivity index (χ0n) is 25.0. The lowest BCUT2D eigenvalue weighted by atomic mass is 9.83. The van der Waals surface area contributed by atoms with E-state index < -0.39 is 72.6 Å². The van der Waals surface area contributed by atoms with E-state index in [2.05, 4.69) is 10.5 Å². The zero-order chi connectivity index (χ0) is 33.1. The Morgan fingerprint density at radius 2 is 1.76 bits per heavy atom. The first kappa shape index (κ1) is 33.7. The smallest absolute Gasteiger partial charge is 0.247 e. The summed E-state index contributed by atoms with van der Waals surface area (Å²) in [6.07, 6.45) is -6.93. The van der Waals surface area contributed by atoms with Crippen LogP contribution in [0.15, 0.2) is 47.1 Å². The summed E-state index contributed by atoms with van der Waals surface area (Å²) in [5.74, 6) is -2.72. The Labute approximate surface area is 262 Å². The van der Waals surface area contributed by atoms with Crippen molar-refractivity contribution in [1.82, 2.24) is 5.32 Å². The van der Waals surface area contributed by atoms with Crippen molar-refractivity contribution in [2.45, 2.75) is 81.7 Å². The number of nitrogens with zero attached hydrogens (tertiary/aromatic N) is 1. The summed E-state index contributed by atoms with van der Waals surface area (Å²) in [4.78, 5) is 18.1. The highest BCUT2D eigenvalue weighted by molar-refractivity contribution is 5.97. The number of halogens is 2. The number of carbonyl (C=O) groups is 1. The molecule has 0 spiro atoms. The van der Waals surface area contributed by atoms with Crippen LogP contribution in [-0.4, -0.2) is 106 Å². The van der Waals surface area contributed by atoms with Crippen LogP contribution in [0.4, 0.5) is 8.78 Å². The summed E-state index contributed by atoms with van der Waals surface area (Å²) in [5, 5.41) is 58.9. The molecule has 0 bridgehead atoms. The maximum Gasteiger partial charge on any atom is 0.247 e. The predicted molar refractivity (Wildman–Crippen MR) is 155 cm³/mol. The monoisotopic (exact) mass is 650 g/mol. The van der Waals surface area contributed by atoms with Gasteiger partial charge in [0.15, 0.2) is 23.1 Å². The Bertz CT molecular complexity index is 1470. The molecule has 15 heteroatoms. The van der Waals surface area contributed by atoms with Crippen LogP contribution in [0.25, 0.3) is 6.08 Å². The molecule has 2 heterocycles. The van der Waals surface area contributed by atoms with Gasteiger partial charge in [-0.1, -0.05) is 17.3 Å². The van der Waals surface area contributed by atoms with Crippen molar-refractivity contribution in [1.29, 1.82) is 0 Å². The fourth-order valence-electron chi connectivity index (χ4n) is 5.54. The summed E-state index contributed by atoms with van der Waals surface area (Å²) < 4.78 is 48.4. The lowest BCUT2D eigenvalue weighted by Crippen LogP contribution is -2.67. The second kappa shape index (κ2) is 14.4. The molecule has 3 fully saturated rings. The van der Waals surface area contributed by atoms with Crippen molar-refractivity contribution in [2.75, 3.05) is 13.4 Å². The minimum atomic E-state index is -1.49. The third-order valence-electron chi connectivity index (χ3n) is 8.05. The van der Waals surface area contributed by atoms with Crippen LogP contribution in [0.3, 0.4) is 0 Å². The third-order valence-corrected chi connectivity index (χ3v) is 8.05. The minimum Gasteiger partial charge on any atom is -0.504 e. The summed E-state index contributed by atoms with van der Waals surface area (Å²) in [5.41, 5.74) is 1.47. The van der Waals surface area contributed by atoms with Gasteiger partial charge >= 0.3 is 0 Å². The van der Waals surface area contributed by atoms with E-state index in [9.17, 15) is 39.1 Å². The number of ether oxygens (including phenoxy) is 4. The number of benzene rings is 2. The van der Waals surface area contributed by atoms with Gasteiger partial charge in [0, 0.05) is 18.4 Å². The number of aromatic hydroxyl groups is 1. The van der Waals surface area contributed by atoms with E-state index in [1.807, 2.05) is 0 Å². The van der Waals surface area contributed by atoms with E-state index >= 15 is 0 Å². The van der Waals surface area contributed by atoms with Crippen molar-refractivity contribution < 1.29 is 62.9 Å². The number of phenolic OH excluding ortho intramolecular Hbond substituents is 1. The summed E-state index contributed by atoms with van der Waals surface area (Å²) >= 11 is 0. The van der Waals surface area contributed by atoms with E-state index in [0.717, 1.165) is 12.1 Å². The predicted octanol–water partition coefficient (Wildman–Crippen LogP) is 0.886. The molecule has 5 rings (SSSR count). The molecule has 0 aromatic heterocycles. The second-order valence-corrected chi connectivity index (χ2v) is 11.4. The van der Waals surface area contributed by atoms with Crippen LogP contribution in [0.1, 0.15) is 31.4 Å². The average molecular weight is 651 g/mol. The van der Waals surface area contributed by atoms with Gasteiger partial charge in [-0.05, 0) is 55.3 Å². The van der Waals surface area contributed by atoms with E-state index in [1.54, 1.807) is 13.0 Å². The molecule has 2 aromatic rings. The topological polar surface area (TPSA) is 189 Å². The fourth-order valence-corrected chi connectivity index (χ4v) is 5.54. The second-order valence-electron chi connectivity index (χ2n) is 11.4. The number of fused-ring (bicyclic) bond motifs is 1. The van der Waals surface area contributed by atoms with E-state index in [0.29, 0.717) is 16.8 Å². The standard InChI is InChI=1S/C31H36F2N2O11/c1-14(31(41)34-24-25(38)27(40)30-29(26(24)39)42-13-43-30)9-17-4-6-22(20(36)11-17)45-23-12-21(37)28(46-23)15(2)35-44-8-7-16-3-5-18(32)19(33)10-16/h3-6,9-11,21,23-30,36-40H,7-8,12-13H2,1-2H3,(H,34,41)/b14-9+,35-15-/t21-,23+,24+,25-,26+,27+,28+,29-,30+/m0/s1. The van der Waals surface area contributed by atoms with Crippen LogP contribution >= 0.6 is 0 Å². The molecular weight excluding hydrogens is 614 g/mol. The van der Waals surface area contributed by atoms with Gasteiger partial charge in [-0.25, -0.2) is 8.78 Å². The van der Waals surface area contributed by atoms with Gasteiger partial charge in [-0.2, -0.15) is 0 Å². The van der Waals surface area contributed by atoms with Gasteiger partial charge in [0.25, 0.3) is 0 Å². The molecule has 6 N–H and O–H groups in total. The highest BCUT2D eigenvalue weighted by Crippen LogP contribution is 2.33. The molecule has 9 atom stereocenters. The van der Waals surface area contributed by atoms with Gasteiger partial charge in [-0.15, -0.1) is 0 Å². The van der Waals surface area contributed by atoms with Gasteiger partial charge < -0.3 is 54.6 Å². The first-order valence-corrected chi connectivity index (χ1v) is 14.6. The molecule has 3 aliphatic rings. The molecule has 1 aliphatic carbocycles. The van der Waals surface area contributed by atoms with E-state index in [-0.39, 0.29) is 43.3 Å². The van der Waals surface area contributed by atoms with Gasteiger partial charge in [-0.3, -0.25) is 4.79 Å². The number of phenols is 1. The molecule has 13 nitrogen and oxygen atoms in total. The highest BCUT2D eigenvalue weighted by atomic mass is 19.2. The third kappa shape index (κ3) is 7.47. The number of carbonyl (C=O) groups excluding carboxylic acids is 1. The maximum atomic E-state index is 13.4. The van der Waals surface area contributed by atoms with Gasteiger partial charge in [0.05, 0.1) is 17.9 Å². The van der Waals surface area contributed by atoms with Crippen molar-refractivity contribution in [3.8, 4) is 11.5 Å². The van der Waals surface area contributed by atoms with Crippen LogP contribution in [-0.2, 0) is 30.3 Å². The van der Waals surface area contributed by atoms with Crippen LogP contribution < -0.4 is 10.1 Å². The van der Waals surface area contributed by atoms with Crippen molar-refractivity contribution in [3.63, 3.8) is 0 Å². The highest BCUT2D eigenvalue weighted by Gasteiger charge is 2.53. The van der Waals surface area contributed by atoms with Crippen LogP contribution in [0, 0.1) is 11.6 Å². The van der Waals surface area contributed by atoms with Crippen LogP contribution in [0.2, 0.25) is 0 Å². The Morgan fingerprint density at radius 1 is 1.02 bits per heavy atom. The number of amides is 1. The number of hydrogen-bond donors (Lipinski definition) is 6. The number of aliphatic hydroxyl groups excluding tert-OH is 4. The lowest BCUT2D eigenvalue weighted by molar-refractivity contribution is -0.155. The first-order valence-electron chi connectivity index (χ1n) is 14.6. The van der Waals surface area contributed by atoms with E-state index in [4.69, 9.17) is 23.8 Å². The molecule has 1 saturated carbocycles. The number of aliphatic hydroxyl groups is 4. The first-order chi connectivity index (χ1) is 21.9. The van der Waals surface area contributed by atoms with E-state index in [1.165, 1.54) is 31.2 Å². The molecule has 2 aliphatic heterocycles. The Morgan fingerprint density at radius 3 is 2.48 bits per heavy atom. The van der Waals surface area contributed by atoms with Crippen LogP contribution in [0.5, 0.6) is 11.5 Å². The number of rotatable bonds is 10. The molecular formula is C31H36F2N2O11. The lowest BCUT2D eigenvalue weighted by Gasteiger charge is -2.41. The zero-order valence-corrected chi connectivity index (χ0v) is 25.0. The minimum absolute atomic E-state index is 0.0604. The Kier molecular flexibility index (Phi) is 10.5. The number of hydrogen-bond acceptors (Lipinski definition) is 12. The van der Waals surface area contributed by atoms with Crippen molar-refractivity contribution in [2.24, 2.45) is 5.16 Å². The van der Waals surface area contributed by atoms with Crippen molar-refractivity contribution >= 4 is 17.7 Å². The summed E-state index contributed by atoms with van der Waals surface area (Å²) in [6, 6.07) is 6.73. The summed E-state index contributed by atoms with van der Waals surface area (Å²) in [7, 11) is 0. The largest absolute Gasteiger partial charge is 0.504 e. The SMILES string of the molecule is C/C(=N/OCCc1ccc(F)c(F)c1)[C@H]1O[C@@H](Oc2ccc(/C=C(\C)C(=O)N[C@@H]3[C@H](O)[C@@H](O)[C@H]4OCO[C@H]4[C@@H]3O)cc2O)C[C@@H]1O.